The topological polar surface area (TPSA) is 68.4 Å². The molecule has 2 amide bonds. The van der Waals surface area contributed by atoms with Gasteiger partial charge in [0.25, 0.3) is 5.91 Å². The molecule has 0 aromatic heterocycles. The van der Waals surface area contributed by atoms with Gasteiger partial charge in [0.1, 0.15) is 11.8 Å². The van der Waals surface area contributed by atoms with Crippen LogP contribution < -0.4 is 15.0 Å². The van der Waals surface area contributed by atoms with E-state index in [1.165, 1.54) is 0 Å². The number of nitrogens with one attached hydrogen (secondary N) is 1. The molecule has 0 bridgehead atoms. The lowest BCUT2D eigenvalue weighted by Crippen LogP contribution is -2.45. The van der Waals surface area contributed by atoms with Crippen LogP contribution in [0.1, 0.15) is 19.8 Å². The van der Waals surface area contributed by atoms with E-state index < -0.39 is 6.04 Å². The van der Waals surface area contributed by atoms with Crippen molar-refractivity contribution in [2.45, 2.75) is 25.8 Å². The summed E-state index contributed by atoms with van der Waals surface area (Å²) in [5.74, 6) is 0.365. The summed E-state index contributed by atoms with van der Waals surface area (Å²) in [5.41, 5.74) is 1.39. The van der Waals surface area contributed by atoms with Gasteiger partial charge in [-0.05, 0) is 75.6 Å². The monoisotopic (exact) mass is 509 g/mol. The molecule has 36 heavy (non-hydrogen) atoms. The number of hydrogen-bond donors (Lipinski definition) is 1. The number of nitrogens with zero attached hydrogens (tertiary/aromatic N) is 4. The maximum atomic E-state index is 13.5. The largest absolute Gasteiger partial charge is 0.494 e. The Morgan fingerprint density at radius 2 is 1.72 bits per heavy atom. The Labute approximate surface area is 218 Å². The molecule has 0 radical (unpaired) electrons. The Morgan fingerprint density at radius 1 is 1.03 bits per heavy atom. The van der Waals surface area contributed by atoms with Gasteiger partial charge in [0.15, 0.2) is 5.11 Å². The zero-order valence-corrected chi connectivity index (χ0v) is 21.9. The summed E-state index contributed by atoms with van der Waals surface area (Å²) in [6, 6.07) is 16.0. The molecule has 8 nitrogen and oxygen atoms in total. The van der Waals surface area contributed by atoms with E-state index >= 15 is 0 Å². The first-order valence-corrected chi connectivity index (χ1v) is 13.0. The number of ether oxygens (including phenoxy) is 1. The first-order chi connectivity index (χ1) is 17.5. The van der Waals surface area contributed by atoms with Gasteiger partial charge < -0.3 is 24.8 Å². The van der Waals surface area contributed by atoms with Crippen LogP contribution in [0.5, 0.6) is 5.75 Å². The van der Waals surface area contributed by atoms with Crippen molar-refractivity contribution in [3.05, 3.63) is 54.6 Å². The highest BCUT2D eigenvalue weighted by Crippen LogP contribution is 2.27. The van der Waals surface area contributed by atoms with E-state index in [-0.39, 0.29) is 18.2 Å². The third-order valence-corrected chi connectivity index (χ3v) is 7.05. The highest BCUT2D eigenvalue weighted by molar-refractivity contribution is 7.80. The lowest BCUT2D eigenvalue weighted by atomic mass is 10.1. The fraction of sp³-hybridized carbons (Fsp3) is 0.444. The van der Waals surface area contributed by atoms with E-state index in [0.29, 0.717) is 24.0 Å². The Hall–Kier alpha value is -3.01. The molecule has 0 saturated carbocycles. The molecular formula is C27H35N5O3S. The molecule has 1 atom stereocenters. The Balaban J connectivity index is 1.43. The van der Waals surface area contributed by atoms with E-state index in [2.05, 4.69) is 22.2 Å². The van der Waals surface area contributed by atoms with E-state index in [0.717, 1.165) is 50.6 Å². The van der Waals surface area contributed by atoms with Gasteiger partial charge in [0.2, 0.25) is 5.91 Å². The number of hydrogen-bond acceptors (Lipinski definition) is 6. The smallest absolute Gasteiger partial charge is 0.256 e. The number of likely N-dealkylation sites (N-methyl/N-ethyl adjacent to an activating group) is 1. The maximum Gasteiger partial charge on any atom is 0.256 e. The van der Waals surface area contributed by atoms with Gasteiger partial charge >= 0.3 is 0 Å². The molecule has 0 spiro atoms. The summed E-state index contributed by atoms with van der Waals surface area (Å²) < 4.78 is 5.46. The Bertz CT molecular complexity index is 1040. The summed E-state index contributed by atoms with van der Waals surface area (Å²) in [4.78, 5) is 34.8. The normalized spacial score (nSPS) is 19.1. The molecule has 2 aliphatic heterocycles. The van der Waals surface area contributed by atoms with Gasteiger partial charge in [0, 0.05) is 38.4 Å². The molecule has 0 aliphatic carbocycles. The average molecular weight is 510 g/mol. The van der Waals surface area contributed by atoms with Crippen molar-refractivity contribution >= 4 is 40.5 Å². The minimum absolute atomic E-state index is 0.0318. The summed E-state index contributed by atoms with van der Waals surface area (Å²) in [5, 5.41) is 3.37. The van der Waals surface area contributed by atoms with Crippen LogP contribution in [-0.4, -0.2) is 90.6 Å². The predicted octanol–water partition coefficient (Wildman–Crippen LogP) is 3.05. The second-order valence-electron chi connectivity index (χ2n) is 9.21. The van der Waals surface area contributed by atoms with Gasteiger partial charge in [-0.1, -0.05) is 18.2 Å². The van der Waals surface area contributed by atoms with Gasteiger partial charge in [-0.2, -0.15) is 0 Å². The Kier molecular flexibility index (Phi) is 8.90. The number of piperazine rings is 1. The minimum Gasteiger partial charge on any atom is -0.494 e. The zero-order valence-electron chi connectivity index (χ0n) is 21.1. The highest BCUT2D eigenvalue weighted by Gasteiger charge is 2.43. The maximum absolute atomic E-state index is 13.5. The number of rotatable bonds is 10. The molecule has 2 heterocycles. The van der Waals surface area contributed by atoms with Crippen molar-refractivity contribution in [2.24, 2.45) is 0 Å². The first kappa shape index (κ1) is 26.1. The fourth-order valence-electron chi connectivity index (χ4n) is 4.63. The molecule has 4 rings (SSSR count). The molecule has 2 aliphatic rings. The molecule has 2 saturated heterocycles. The van der Waals surface area contributed by atoms with Crippen LogP contribution >= 0.6 is 12.2 Å². The lowest BCUT2D eigenvalue weighted by molar-refractivity contribution is -0.124. The van der Waals surface area contributed by atoms with Gasteiger partial charge in [0.05, 0.1) is 18.7 Å². The van der Waals surface area contributed by atoms with Crippen LogP contribution in [-0.2, 0) is 9.59 Å². The standard InChI is InChI=1S/C27H35N5O3S/c1-3-35-23-12-10-21(11-13-23)28-25(33)20-24-26(34)32(22-8-5-4-6-9-22)27(36)31(24)15-7-14-30-18-16-29(2)17-19-30/h4-6,8-13,24H,3,7,14-20H2,1-2H3,(H,28,33). The number of para-hydroxylation sites is 1. The third-order valence-electron chi connectivity index (χ3n) is 6.63. The second kappa shape index (κ2) is 12.3. The minimum atomic E-state index is -0.632. The fourth-order valence-corrected chi connectivity index (χ4v) is 5.04. The molecule has 1 N–H and O–H groups in total. The van der Waals surface area contributed by atoms with Crippen molar-refractivity contribution < 1.29 is 14.3 Å². The predicted molar refractivity (Wildman–Crippen MR) is 146 cm³/mol. The van der Waals surface area contributed by atoms with Crippen molar-refractivity contribution in [1.82, 2.24) is 14.7 Å². The van der Waals surface area contributed by atoms with E-state index in [9.17, 15) is 9.59 Å². The van der Waals surface area contributed by atoms with Crippen molar-refractivity contribution in [3.8, 4) is 5.75 Å². The van der Waals surface area contributed by atoms with Crippen LogP contribution in [0, 0.1) is 0 Å². The number of amides is 2. The summed E-state index contributed by atoms with van der Waals surface area (Å²) in [6.07, 6.45) is 0.904. The first-order valence-electron chi connectivity index (χ1n) is 12.6. The van der Waals surface area contributed by atoms with Crippen molar-refractivity contribution in [1.29, 1.82) is 0 Å². The van der Waals surface area contributed by atoms with Crippen LogP contribution in [0.2, 0.25) is 0 Å². The van der Waals surface area contributed by atoms with Crippen LogP contribution in [0.15, 0.2) is 54.6 Å². The quantitative estimate of drug-likeness (QED) is 0.494. The Morgan fingerprint density at radius 3 is 2.39 bits per heavy atom. The van der Waals surface area contributed by atoms with Crippen molar-refractivity contribution in [3.63, 3.8) is 0 Å². The SMILES string of the molecule is CCOc1ccc(NC(=O)CC2C(=O)N(c3ccccc3)C(=S)N2CCCN2CCN(C)CC2)cc1. The zero-order chi connectivity index (χ0) is 25.5. The van der Waals surface area contributed by atoms with Crippen LogP contribution in [0.3, 0.4) is 0 Å². The van der Waals surface area contributed by atoms with Gasteiger partial charge in [-0.3, -0.25) is 14.5 Å². The molecule has 2 aromatic carbocycles. The van der Waals surface area contributed by atoms with Gasteiger partial charge in [-0.25, -0.2) is 0 Å². The lowest BCUT2D eigenvalue weighted by Gasteiger charge is -2.33. The summed E-state index contributed by atoms with van der Waals surface area (Å²) in [7, 11) is 2.15. The molecule has 2 aromatic rings. The summed E-state index contributed by atoms with van der Waals surface area (Å²) >= 11 is 5.77. The van der Waals surface area contributed by atoms with E-state index in [1.807, 2.05) is 54.3 Å². The number of anilines is 2. The van der Waals surface area contributed by atoms with Gasteiger partial charge in [-0.15, -0.1) is 0 Å². The average Bonchev–Trinajstić information content (AvgIpc) is 3.11. The summed E-state index contributed by atoms with van der Waals surface area (Å²) in [6.45, 7) is 8.30. The highest BCUT2D eigenvalue weighted by atomic mass is 32.1. The second-order valence-corrected chi connectivity index (χ2v) is 9.57. The number of carbonyl (C=O) groups excluding carboxylic acids is 2. The molecule has 9 heteroatoms. The molecule has 192 valence electrons. The third kappa shape index (κ3) is 6.40. The molecule has 2 fully saturated rings. The molecule has 1 unspecified atom stereocenters. The van der Waals surface area contributed by atoms with E-state index in [4.69, 9.17) is 17.0 Å². The van der Waals surface area contributed by atoms with Crippen molar-refractivity contribution in [2.75, 3.05) is 63.1 Å². The number of carbonyl (C=O) groups is 2. The van der Waals surface area contributed by atoms with Crippen LogP contribution in [0.4, 0.5) is 11.4 Å². The number of thiocarbonyl (C=S) groups is 1. The van der Waals surface area contributed by atoms with E-state index in [1.54, 1.807) is 17.0 Å². The molecular weight excluding hydrogens is 474 g/mol. The number of benzene rings is 2. The van der Waals surface area contributed by atoms with Crippen LogP contribution in [0.25, 0.3) is 0 Å².